The molecule has 0 atom stereocenters. The number of rotatable bonds is 3. The zero-order valence-corrected chi connectivity index (χ0v) is 9.66. The van der Waals surface area contributed by atoms with Crippen LogP contribution >= 0.6 is 7.60 Å². The summed E-state index contributed by atoms with van der Waals surface area (Å²) in [4.78, 5) is 15.9. The zero-order chi connectivity index (χ0) is 11.1. The van der Waals surface area contributed by atoms with E-state index >= 15 is 0 Å². The van der Waals surface area contributed by atoms with Crippen molar-refractivity contribution in [2.24, 2.45) is 0 Å². The predicted molar refractivity (Wildman–Crippen MR) is 52.6 cm³/mol. The number of quaternary nitrogens is 1. The molecule has 0 aromatic carbocycles. The van der Waals surface area contributed by atoms with E-state index in [-0.39, 0.29) is 12.8 Å². The van der Waals surface area contributed by atoms with E-state index in [1.807, 2.05) is 0 Å². The SMILES string of the molecule is CCP(=O)(O)O.C[N+](C)(C)CCO. The van der Waals surface area contributed by atoms with Gasteiger partial charge in [0, 0.05) is 6.16 Å². The minimum Gasteiger partial charge on any atom is -0.391 e. The molecule has 6 heteroatoms. The molecular weight excluding hydrogens is 193 g/mol. The molecule has 0 aromatic heterocycles. The fourth-order valence-electron chi connectivity index (χ4n) is 0.300. The summed E-state index contributed by atoms with van der Waals surface area (Å²) in [5.41, 5.74) is 0. The van der Waals surface area contributed by atoms with Gasteiger partial charge in [0.05, 0.1) is 27.7 Å². The second-order valence-corrected chi connectivity index (χ2v) is 5.68. The second kappa shape index (κ2) is 6.51. The topological polar surface area (TPSA) is 77.8 Å². The first-order chi connectivity index (χ1) is 5.62. The van der Waals surface area contributed by atoms with Gasteiger partial charge in [0.15, 0.2) is 0 Å². The highest BCUT2D eigenvalue weighted by Crippen LogP contribution is 2.32. The number of aliphatic hydroxyl groups excluding tert-OH is 1. The Bertz CT molecular complexity index is 160. The lowest BCUT2D eigenvalue weighted by molar-refractivity contribution is -0.870. The van der Waals surface area contributed by atoms with E-state index in [0.29, 0.717) is 0 Å². The first kappa shape index (κ1) is 15.5. The molecule has 0 fully saturated rings. The molecule has 0 amide bonds. The van der Waals surface area contributed by atoms with Gasteiger partial charge in [0.2, 0.25) is 0 Å². The fourth-order valence-corrected chi connectivity index (χ4v) is 0.300. The molecule has 0 heterocycles. The van der Waals surface area contributed by atoms with Gasteiger partial charge in [-0.05, 0) is 0 Å². The Labute approximate surface area is 79.8 Å². The fraction of sp³-hybridized carbons (Fsp3) is 1.00. The summed E-state index contributed by atoms with van der Waals surface area (Å²) in [6.45, 7) is 2.56. The third-order valence-electron chi connectivity index (χ3n) is 1.18. The summed E-state index contributed by atoms with van der Waals surface area (Å²) in [7, 11) is 2.51. The van der Waals surface area contributed by atoms with Gasteiger partial charge in [-0.1, -0.05) is 6.92 Å². The monoisotopic (exact) mass is 214 g/mol. The minimum absolute atomic E-state index is 0.0625. The summed E-state index contributed by atoms with van der Waals surface area (Å²) >= 11 is 0. The third-order valence-corrected chi connectivity index (χ3v) is 2.01. The van der Waals surface area contributed by atoms with Gasteiger partial charge in [-0.2, -0.15) is 0 Å². The van der Waals surface area contributed by atoms with Crippen LogP contribution in [0.4, 0.5) is 0 Å². The van der Waals surface area contributed by atoms with E-state index in [1.54, 1.807) is 0 Å². The van der Waals surface area contributed by atoms with Crippen molar-refractivity contribution in [1.82, 2.24) is 0 Å². The molecule has 0 radical (unpaired) electrons. The number of hydrogen-bond acceptors (Lipinski definition) is 2. The number of aliphatic hydroxyl groups is 1. The number of likely N-dealkylation sites (N-methyl/N-ethyl adjacent to an activating group) is 1. The van der Waals surface area contributed by atoms with E-state index in [0.717, 1.165) is 11.0 Å². The van der Waals surface area contributed by atoms with Crippen LogP contribution in [0.3, 0.4) is 0 Å². The Morgan fingerprint density at radius 1 is 1.23 bits per heavy atom. The molecule has 0 spiro atoms. The van der Waals surface area contributed by atoms with Crippen LogP contribution in [0.2, 0.25) is 0 Å². The largest absolute Gasteiger partial charge is 0.391 e. The van der Waals surface area contributed by atoms with Crippen LogP contribution in [-0.4, -0.2) is 59.8 Å². The van der Waals surface area contributed by atoms with Crippen LogP contribution in [0, 0.1) is 0 Å². The van der Waals surface area contributed by atoms with E-state index in [1.165, 1.54) is 6.92 Å². The Hall–Kier alpha value is 0.0700. The summed E-state index contributed by atoms with van der Waals surface area (Å²) in [6, 6.07) is 0. The zero-order valence-electron chi connectivity index (χ0n) is 8.77. The normalized spacial score (nSPS) is 11.9. The molecule has 3 N–H and O–H groups in total. The summed E-state index contributed by atoms with van der Waals surface area (Å²) in [5, 5.41) is 8.39. The number of nitrogens with zero attached hydrogens (tertiary/aromatic N) is 1. The molecule has 0 bridgehead atoms. The van der Waals surface area contributed by atoms with E-state index in [4.69, 9.17) is 14.9 Å². The van der Waals surface area contributed by atoms with E-state index in [2.05, 4.69) is 21.1 Å². The van der Waals surface area contributed by atoms with E-state index < -0.39 is 7.60 Å². The van der Waals surface area contributed by atoms with Gasteiger partial charge in [-0.25, -0.2) is 0 Å². The Morgan fingerprint density at radius 3 is 1.54 bits per heavy atom. The van der Waals surface area contributed by atoms with Crippen LogP contribution in [0.25, 0.3) is 0 Å². The average Bonchev–Trinajstić information content (AvgIpc) is 1.84. The maximum Gasteiger partial charge on any atom is 0.325 e. The molecule has 0 aliphatic carbocycles. The van der Waals surface area contributed by atoms with Crippen LogP contribution < -0.4 is 0 Å². The molecule has 5 nitrogen and oxygen atoms in total. The smallest absolute Gasteiger partial charge is 0.325 e. The van der Waals surface area contributed by atoms with Crippen LogP contribution in [0.1, 0.15) is 6.92 Å². The van der Waals surface area contributed by atoms with Gasteiger partial charge in [-0.15, -0.1) is 0 Å². The van der Waals surface area contributed by atoms with Crippen molar-refractivity contribution in [2.75, 3.05) is 40.5 Å². The highest BCUT2D eigenvalue weighted by atomic mass is 31.2. The summed E-state index contributed by atoms with van der Waals surface area (Å²) < 4.78 is 10.5. The molecule has 0 unspecified atom stereocenters. The van der Waals surface area contributed by atoms with Crippen molar-refractivity contribution < 1.29 is 23.9 Å². The van der Waals surface area contributed by atoms with Gasteiger partial charge in [0.25, 0.3) is 0 Å². The lowest BCUT2D eigenvalue weighted by Gasteiger charge is -2.21. The molecule has 0 aliphatic rings. The quantitative estimate of drug-likeness (QED) is 0.451. The third kappa shape index (κ3) is 24.5. The molecular formula is C7H21NO4P+. The predicted octanol–water partition coefficient (Wildman–Crippen LogP) is -0.131. The summed E-state index contributed by atoms with van der Waals surface area (Å²) in [6.07, 6.45) is -0.0625. The van der Waals surface area contributed by atoms with E-state index in [9.17, 15) is 4.57 Å². The Kier molecular flexibility index (Phi) is 7.78. The van der Waals surface area contributed by atoms with Crippen molar-refractivity contribution in [3.63, 3.8) is 0 Å². The van der Waals surface area contributed by atoms with Crippen molar-refractivity contribution in [3.8, 4) is 0 Å². The molecule has 0 saturated carbocycles. The number of hydrogen-bond donors (Lipinski definition) is 3. The Balaban J connectivity index is 0. The highest BCUT2D eigenvalue weighted by Gasteiger charge is 2.05. The van der Waals surface area contributed by atoms with Crippen molar-refractivity contribution >= 4 is 7.60 Å². The van der Waals surface area contributed by atoms with Crippen LogP contribution in [0.5, 0.6) is 0 Å². The van der Waals surface area contributed by atoms with Crippen LogP contribution in [0.15, 0.2) is 0 Å². The van der Waals surface area contributed by atoms with Crippen molar-refractivity contribution in [2.45, 2.75) is 6.92 Å². The van der Waals surface area contributed by atoms with Gasteiger partial charge in [0.1, 0.15) is 6.54 Å². The lowest BCUT2D eigenvalue weighted by Crippen LogP contribution is -2.36. The first-order valence-electron chi connectivity index (χ1n) is 4.08. The maximum absolute atomic E-state index is 9.69. The Morgan fingerprint density at radius 2 is 1.54 bits per heavy atom. The maximum atomic E-state index is 9.69. The molecule has 0 aliphatic heterocycles. The molecule has 0 rings (SSSR count). The molecule has 0 aromatic rings. The average molecular weight is 214 g/mol. The standard InChI is InChI=1S/C5H14NO.C2H7O3P/c1-6(2,3)4-5-7;1-2-6(3,4)5/h7H,4-5H2,1-3H3;2H2,1H3,(H2,3,4,5)/q+1;. The first-order valence-corrected chi connectivity index (χ1v) is 5.88. The molecule has 13 heavy (non-hydrogen) atoms. The molecule has 0 saturated heterocycles. The van der Waals surface area contributed by atoms with Crippen molar-refractivity contribution in [1.29, 1.82) is 0 Å². The minimum atomic E-state index is -3.65. The summed E-state index contributed by atoms with van der Waals surface area (Å²) in [5.74, 6) is 0. The molecule has 82 valence electrons. The van der Waals surface area contributed by atoms with Crippen LogP contribution in [-0.2, 0) is 4.57 Å². The van der Waals surface area contributed by atoms with Gasteiger partial charge >= 0.3 is 7.60 Å². The van der Waals surface area contributed by atoms with Gasteiger partial charge < -0.3 is 19.4 Å². The van der Waals surface area contributed by atoms with Crippen molar-refractivity contribution in [3.05, 3.63) is 0 Å². The highest BCUT2D eigenvalue weighted by molar-refractivity contribution is 7.51. The second-order valence-electron chi connectivity index (χ2n) is 3.72. The lowest BCUT2D eigenvalue weighted by atomic mass is 10.5. The van der Waals surface area contributed by atoms with Gasteiger partial charge in [-0.3, -0.25) is 4.57 Å².